The lowest BCUT2D eigenvalue weighted by atomic mass is 10.1. The van der Waals surface area contributed by atoms with E-state index in [0.717, 1.165) is 0 Å². The number of carbonyl (C=O) groups is 1. The molecule has 1 aliphatic heterocycles. The molecule has 1 heterocycles. The lowest BCUT2D eigenvalue weighted by molar-refractivity contribution is 0.00350. The van der Waals surface area contributed by atoms with Gasteiger partial charge in [-0.1, -0.05) is 6.07 Å². The van der Waals surface area contributed by atoms with Gasteiger partial charge in [0.15, 0.2) is 6.10 Å². The number of morpholine rings is 1. The number of hydrogen-bond acceptors (Lipinski definition) is 5. The molecule has 6 nitrogen and oxygen atoms in total. The topological polar surface area (TPSA) is 88.6 Å². The molecule has 2 rings (SSSR count). The number of para-hydroxylation sites is 1. The Labute approximate surface area is 111 Å². The number of rotatable bonds is 2. The number of nitrogens with zero attached hydrogens (tertiary/aromatic N) is 2. The van der Waals surface area contributed by atoms with Crippen LogP contribution in [0.5, 0.6) is 5.75 Å². The number of anilines is 1. The highest BCUT2D eigenvalue weighted by Crippen LogP contribution is 2.26. The van der Waals surface area contributed by atoms with Crippen molar-refractivity contribution in [1.29, 1.82) is 5.26 Å². The van der Waals surface area contributed by atoms with E-state index >= 15 is 0 Å². The molecule has 1 unspecified atom stereocenters. The SMILES string of the molecule is COc1cccc(C(=O)N2CCOC(C#N)C2)c1N. The zero-order valence-electron chi connectivity index (χ0n) is 10.6. The Hall–Kier alpha value is -2.26. The smallest absolute Gasteiger partial charge is 0.256 e. The second kappa shape index (κ2) is 5.59. The van der Waals surface area contributed by atoms with Crippen LogP contribution in [0, 0.1) is 11.3 Å². The Morgan fingerprint density at radius 3 is 3.11 bits per heavy atom. The van der Waals surface area contributed by atoms with E-state index in [-0.39, 0.29) is 12.5 Å². The van der Waals surface area contributed by atoms with Gasteiger partial charge in [0, 0.05) is 6.54 Å². The van der Waals surface area contributed by atoms with Crippen molar-refractivity contribution >= 4 is 11.6 Å². The van der Waals surface area contributed by atoms with Crippen LogP contribution in [0.2, 0.25) is 0 Å². The van der Waals surface area contributed by atoms with E-state index in [1.165, 1.54) is 7.11 Å². The third-order valence-electron chi connectivity index (χ3n) is 3.01. The molecule has 1 aromatic rings. The molecular formula is C13H15N3O3. The first-order valence-electron chi connectivity index (χ1n) is 5.90. The summed E-state index contributed by atoms with van der Waals surface area (Å²) in [6, 6.07) is 7.07. The lowest BCUT2D eigenvalue weighted by Gasteiger charge is -2.30. The molecule has 1 aromatic carbocycles. The summed E-state index contributed by atoms with van der Waals surface area (Å²) in [4.78, 5) is 13.9. The number of carbonyl (C=O) groups excluding carboxylic acids is 1. The molecule has 2 N–H and O–H groups in total. The fourth-order valence-electron chi connectivity index (χ4n) is 1.99. The van der Waals surface area contributed by atoms with Crippen molar-refractivity contribution in [2.75, 3.05) is 32.5 Å². The summed E-state index contributed by atoms with van der Waals surface area (Å²) >= 11 is 0. The van der Waals surface area contributed by atoms with E-state index in [0.29, 0.717) is 30.2 Å². The molecule has 0 bridgehead atoms. The highest BCUT2D eigenvalue weighted by molar-refractivity contribution is 6.00. The monoisotopic (exact) mass is 261 g/mol. The molecule has 0 radical (unpaired) electrons. The summed E-state index contributed by atoms with van der Waals surface area (Å²) in [7, 11) is 1.50. The van der Waals surface area contributed by atoms with Crippen LogP contribution >= 0.6 is 0 Å². The summed E-state index contributed by atoms with van der Waals surface area (Å²) in [6.07, 6.45) is -0.579. The third kappa shape index (κ3) is 2.61. The standard InChI is InChI=1S/C13H15N3O3/c1-18-11-4-2-3-10(12(11)15)13(17)16-5-6-19-9(7-14)8-16/h2-4,9H,5-6,8,15H2,1H3. The van der Waals surface area contributed by atoms with E-state index in [1.54, 1.807) is 23.1 Å². The molecule has 1 atom stereocenters. The fourth-order valence-corrected chi connectivity index (χ4v) is 1.99. The molecule has 0 aromatic heterocycles. The Kier molecular flexibility index (Phi) is 3.88. The minimum Gasteiger partial charge on any atom is -0.495 e. The van der Waals surface area contributed by atoms with Crippen molar-refractivity contribution < 1.29 is 14.3 Å². The summed E-state index contributed by atoms with van der Waals surface area (Å²) in [6.45, 7) is 1.06. The van der Waals surface area contributed by atoms with Crippen molar-refractivity contribution in [1.82, 2.24) is 4.90 Å². The maximum atomic E-state index is 12.4. The lowest BCUT2D eigenvalue weighted by Crippen LogP contribution is -2.45. The van der Waals surface area contributed by atoms with Crippen LogP contribution in [0.3, 0.4) is 0 Å². The number of nitrogens with two attached hydrogens (primary N) is 1. The van der Waals surface area contributed by atoms with Crippen LogP contribution in [0.15, 0.2) is 18.2 Å². The van der Waals surface area contributed by atoms with E-state index < -0.39 is 6.10 Å². The van der Waals surface area contributed by atoms with Gasteiger partial charge in [-0.15, -0.1) is 0 Å². The Morgan fingerprint density at radius 1 is 1.63 bits per heavy atom. The summed E-state index contributed by atoms with van der Waals surface area (Å²) in [5.74, 6) is 0.260. The molecule has 1 saturated heterocycles. The van der Waals surface area contributed by atoms with Gasteiger partial charge in [0.05, 0.1) is 37.6 Å². The van der Waals surface area contributed by atoms with E-state index in [1.807, 2.05) is 6.07 Å². The Bertz CT molecular complexity index is 524. The summed E-state index contributed by atoms with van der Waals surface area (Å²) in [5, 5.41) is 8.84. The van der Waals surface area contributed by atoms with Crippen LogP contribution in [0.4, 0.5) is 5.69 Å². The van der Waals surface area contributed by atoms with Crippen molar-refractivity contribution in [3.05, 3.63) is 23.8 Å². The Morgan fingerprint density at radius 2 is 2.42 bits per heavy atom. The van der Waals surface area contributed by atoms with E-state index in [4.69, 9.17) is 20.5 Å². The van der Waals surface area contributed by atoms with Crippen molar-refractivity contribution in [3.8, 4) is 11.8 Å². The normalized spacial score (nSPS) is 18.7. The second-order valence-electron chi connectivity index (χ2n) is 4.16. The third-order valence-corrected chi connectivity index (χ3v) is 3.01. The van der Waals surface area contributed by atoms with Gasteiger partial charge < -0.3 is 20.1 Å². The van der Waals surface area contributed by atoms with Crippen LogP contribution in [-0.2, 0) is 4.74 Å². The van der Waals surface area contributed by atoms with Crippen LogP contribution in [-0.4, -0.2) is 43.7 Å². The molecule has 1 amide bonds. The maximum Gasteiger partial charge on any atom is 0.256 e. The number of amides is 1. The minimum atomic E-state index is -0.579. The first kappa shape index (κ1) is 13.2. The average molecular weight is 261 g/mol. The number of nitriles is 1. The predicted octanol–water partition coefficient (Wildman–Crippen LogP) is 0.642. The molecule has 100 valence electrons. The van der Waals surface area contributed by atoms with Gasteiger partial charge >= 0.3 is 0 Å². The molecule has 19 heavy (non-hydrogen) atoms. The highest BCUT2D eigenvalue weighted by Gasteiger charge is 2.26. The van der Waals surface area contributed by atoms with Crippen LogP contribution in [0.25, 0.3) is 0 Å². The second-order valence-corrected chi connectivity index (χ2v) is 4.16. The van der Waals surface area contributed by atoms with Gasteiger partial charge in [0.25, 0.3) is 5.91 Å². The van der Waals surface area contributed by atoms with E-state index in [9.17, 15) is 4.79 Å². The number of hydrogen-bond donors (Lipinski definition) is 1. The molecule has 1 fully saturated rings. The maximum absolute atomic E-state index is 12.4. The fraction of sp³-hybridized carbons (Fsp3) is 0.385. The minimum absolute atomic E-state index is 0.208. The number of benzene rings is 1. The molecule has 6 heteroatoms. The zero-order valence-corrected chi connectivity index (χ0v) is 10.6. The molecule has 0 spiro atoms. The van der Waals surface area contributed by atoms with E-state index in [2.05, 4.69) is 0 Å². The largest absolute Gasteiger partial charge is 0.495 e. The van der Waals surface area contributed by atoms with Gasteiger partial charge in [-0.25, -0.2) is 0 Å². The molecular weight excluding hydrogens is 246 g/mol. The average Bonchev–Trinajstić information content (AvgIpc) is 2.47. The first-order chi connectivity index (χ1) is 9.17. The summed E-state index contributed by atoms with van der Waals surface area (Å²) < 4.78 is 10.3. The van der Waals surface area contributed by atoms with Crippen LogP contribution in [0.1, 0.15) is 10.4 Å². The number of ether oxygens (including phenoxy) is 2. The quantitative estimate of drug-likeness (QED) is 0.789. The molecule has 0 aliphatic carbocycles. The zero-order chi connectivity index (χ0) is 13.8. The predicted molar refractivity (Wildman–Crippen MR) is 68.7 cm³/mol. The first-order valence-corrected chi connectivity index (χ1v) is 5.90. The molecule has 0 saturated carbocycles. The van der Waals surface area contributed by atoms with Gasteiger partial charge in [-0.05, 0) is 12.1 Å². The van der Waals surface area contributed by atoms with Crippen molar-refractivity contribution in [3.63, 3.8) is 0 Å². The Balaban J connectivity index is 2.22. The van der Waals surface area contributed by atoms with Gasteiger partial charge in [0.2, 0.25) is 0 Å². The van der Waals surface area contributed by atoms with Crippen LogP contribution < -0.4 is 10.5 Å². The molecule has 1 aliphatic rings. The van der Waals surface area contributed by atoms with Gasteiger partial charge in [-0.2, -0.15) is 5.26 Å². The number of nitrogen functional groups attached to an aromatic ring is 1. The van der Waals surface area contributed by atoms with Gasteiger partial charge in [-0.3, -0.25) is 4.79 Å². The highest BCUT2D eigenvalue weighted by atomic mass is 16.5. The van der Waals surface area contributed by atoms with Gasteiger partial charge in [0.1, 0.15) is 5.75 Å². The van der Waals surface area contributed by atoms with Crippen molar-refractivity contribution in [2.24, 2.45) is 0 Å². The van der Waals surface area contributed by atoms with Crippen molar-refractivity contribution in [2.45, 2.75) is 6.10 Å². The summed E-state index contributed by atoms with van der Waals surface area (Å²) in [5.41, 5.74) is 6.60. The number of methoxy groups -OCH3 is 1.